The van der Waals surface area contributed by atoms with Crippen LogP contribution in [0.2, 0.25) is 0 Å². The van der Waals surface area contributed by atoms with Gasteiger partial charge in [0.1, 0.15) is 11.6 Å². The van der Waals surface area contributed by atoms with Gasteiger partial charge in [-0.2, -0.15) is 0 Å². The lowest BCUT2D eigenvalue weighted by atomic mass is 9.86. The number of fused-ring (bicyclic) bond motifs is 1. The number of rotatable bonds is 6. The van der Waals surface area contributed by atoms with Crippen LogP contribution in [0, 0.1) is 0 Å². The molecule has 0 radical (unpaired) electrons. The summed E-state index contributed by atoms with van der Waals surface area (Å²) < 4.78 is 2.31. The minimum Gasteiger partial charge on any atom is -0.356 e. The molecule has 6 nitrogen and oxygen atoms in total. The number of nitrogens with zero attached hydrogens (tertiary/aromatic N) is 4. The predicted molar refractivity (Wildman–Crippen MR) is 135 cm³/mol. The molecular formula is C23H37IN6. The molecule has 0 saturated heterocycles. The first-order valence-corrected chi connectivity index (χ1v) is 10.9. The van der Waals surface area contributed by atoms with Gasteiger partial charge < -0.3 is 15.2 Å². The Labute approximate surface area is 198 Å². The summed E-state index contributed by atoms with van der Waals surface area (Å²) in [7, 11) is 1.82. The maximum atomic E-state index is 4.40. The first kappa shape index (κ1) is 24.6. The molecule has 0 unspecified atom stereocenters. The van der Waals surface area contributed by atoms with E-state index in [0.717, 1.165) is 56.5 Å². The normalized spacial score (nSPS) is 14.5. The number of benzene rings is 1. The van der Waals surface area contributed by atoms with Crippen LogP contribution in [0.3, 0.4) is 0 Å². The van der Waals surface area contributed by atoms with Gasteiger partial charge in [0.05, 0.1) is 0 Å². The lowest BCUT2D eigenvalue weighted by Crippen LogP contribution is -2.39. The molecule has 3 rings (SSSR count). The molecule has 1 aromatic carbocycles. The Hall–Kier alpha value is -1.64. The zero-order valence-corrected chi connectivity index (χ0v) is 21.2. The van der Waals surface area contributed by atoms with Gasteiger partial charge in [0.2, 0.25) is 0 Å². The molecule has 166 valence electrons. The highest BCUT2D eigenvalue weighted by molar-refractivity contribution is 14.0. The van der Waals surface area contributed by atoms with E-state index < -0.39 is 0 Å². The fourth-order valence-electron chi connectivity index (χ4n) is 3.74. The third kappa shape index (κ3) is 6.96. The number of nitrogens with one attached hydrogen (secondary N) is 2. The fraction of sp³-hybridized carbons (Fsp3) is 0.609. The topological polar surface area (TPSA) is 67.1 Å². The number of guanidine groups is 1. The van der Waals surface area contributed by atoms with Gasteiger partial charge in [-0.15, -0.1) is 34.2 Å². The second kappa shape index (κ2) is 11.7. The highest BCUT2D eigenvalue weighted by atomic mass is 127. The molecule has 0 bridgehead atoms. The minimum atomic E-state index is 0. The van der Waals surface area contributed by atoms with Crippen molar-refractivity contribution < 1.29 is 0 Å². The molecule has 7 heteroatoms. The van der Waals surface area contributed by atoms with Crippen molar-refractivity contribution in [2.75, 3.05) is 20.1 Å². The van der Waals surface area contributed by atoms with E-state index in [1.165, 1.54) is 30.4 Å². The van der Waals surface area contributed by atoms with Gasteiger partial charge >= 0.3 is 0 Å². The number of hydrogen-bond donors (Lipinski definition) is 2. The molecule has 0 atom stereocenters. The fourth-order valence-corrected chi connectivity index (χ4v) is 3.74. The Morgan fingerprint density at radius 1 is 1.00 bits per heavy atom. The number of aryl methyl sites for hydroxylation is 1. The van der Waals surface area contributed by atoms with E-state index >= 15 is 0 Å². The number of aliphatic imine (C=N–C) groups is 1. The molecule has 1 aliphatic heterocycles. The van der Waals surface area contributed by atoms with Gasteiger partial charge in [0.15, 0.2) is 5.96 Å². The lowest BCUT2D eigenvalue weighted by molar-refractivity contribution is 0.590. The van der Waals surface area contributed by atoms with Crippen LogP contribution < -0.4 is 10.6 Å². The molecule has 2 heterocycles. The molecule has 0 spiro atoms. The van der Waals surface area contributed by atoms with E-state index in [1.54, 1.807) is 0 Å². The van der Waals surface area contributed by atoms with Crippen molar-refractivity contribution in [1.29, 1.82) is 0 Å². The standard InChI is InChI=1S/C23H36N6.HI/c1-23(2,3)19-11-9-18(10-12-19)13-15-25-22(24-4)26-16-14-21-28-27-20-8-6-5-7-17-29(20)21;/h9-12H,5-8,13-17H2,1-4H3,(H2,24,25,26);1H. The molecule has 0 saturated carbocycles. The van der Waals surface area contributed by atoms with Crippen LogP contribution in [0.1, 0.15) is 62.8 Å². The summed E-state index contributed by atoms with van der Waals surface area (Å²) in [6, 6.07) is 8.94. The SMILES string of the molecule is CN=C(NCCc1ccc(C(C)(C)C)cc1)NCCc1nnc2n1CCCCC2.I. The molecule has 0 fully saturated rings. The molecule has 1 aliphatic rings. The molecule has 30 heavy (non-hydrogen) atoms. The summed E-state index contributed by atoms with van der Waals surface area (Å²) in [5.41, 5.74) is 2.91. The summed E-state index contributed by atoms with van der Waals surface area (Å²) in [5, 5.41) is 15.6. The van der Waals surface area contributed by atoms with Gasteiger partial charge in [-0.25, -0.2) is 0 Å². The van der Waals surface area contributed by atoms with Gasteiger partial charge in [-0.3, -0.25) is 4.99 Å². The number of hydrogen-bond acceptors (Lipinski definition) is 3. The maximum absolute atomic E-state index is 4.40. The number of aromatic nitrogens is 3. The zero-order valence-electron chi connectivity index (χ0n) is 18.9. The molecule has 1 aromatic heterocycles. The largest absolute Gasteiger partial charge is 0.356 e. The molecule has 2 N–H and O–H groups in total. The Kier molecular flexibility index (Phi) is 9.58. The van der Waals surface area contributed by atoms with Crippen LogP contribution >= 0.6 is 24.0 Å². The second-order valence-corrected chi connectivity index (χ2v) is 8.87. The zero-order chi connectivity index (χ0) is 20.7. The smallest absolute Gasteiger partial charge is 0.191 e. The van der Waals surface area contributed by atoms with Crippen molar-refractivity contribution in [3.63, 3.8) is 0 Å². The summed E-state index contributed by atoms with van der Waals surface area (Å²) in [6.45, 7) is 9.45. The molecule has 2 aromatic rings. The first-order chi connectivity index (χ1) is 14.0. The Morgan fingerprint density at radius 2 is 1.70 bits per heavy atom. The summed E-state index contributed by atoms with van der Waals surface area (Å²) >= 11 is 0. The average Bonchev–Trinajstić information content (AvgIpc) is 2.93. The first-order valence-electron chi connectivity index (χ1n) is 10.9. The van der Waals surface area contributed by atoms with Gasteiger partial charge in [0, 0.05) is 39.5 Å². The quantitative estimate of drug-likeness (QED) is 0.342. The average molecular weight is 524 g/mol. The van der Waals surface area contributed by atoms with Crippen LogP contribution in [0.25, 0.3) is 0 Å². The van der Waals surface area contributed by atoms with Gasteiger partial charge in [-0.1, -0.05) is 51.5 Å². The van der Waals surface area contributed by atoms with E-state index in [0.29, 0.717) is 0 Å². The Bertz CT molecular complexity index is 804. The van der Waals surface area contributed by atoms with Crippen molar-refractivity contribution in [3.05, 3.63) is 47.0 Å². The Morgan fingerprint density at radius 3 is 2.37 bits per heavy atom. The van der Waals surface area contributed by atoms with Gasteiger partial charge in [-0.05, 0) is 35.8 Å². The molecule has 0 amide bonds. The summed E-state index contributed by atoms with van der Waals surface area (Å²) in [4.78, 5) is 4.34. The van der Waals surface area contributed by atoms with Crippen LogP contribution in [0.4, 0.5) is 0 Å². The van der Waals surface area contributed by atoms with Crippen molar-refractivity contribution in [3.8, 4) is 0 Å². The van der Waals surface area contributed by atoms with Crippen molar-refractivity contribution in [2.45, 2.75) is 71.3 Å². The highest BCUT2D eigenvalue weighted by Crippen LogP contribution is 2.22. The van der Waals surface area contributed by atoms with E-state index in [4.69, 9.17) is 0 Å². The van der Waals surface area contributed by atoms with Crippen LogP contribution in [0.5, 0.6) is 0 Å². The summed E-state index contributed by atoms with van der Waals surface area (Å²) in [5.74, 6) is 3.08. The predicted octanol–water partition coefficient (Wildman–Crippen LogP) is 3.87. The van der Waals surface area contributed by atoms with E-state index in [1.807, 2.05) is 7.05 Å². The van der Waals surface area contributed by atoms with E-state index in [-0.39, 0.29) is 29.4 Å². The molecular weight excluding hydrogens is 487 g/mol. The van der Waals surface area contributed by atoms with Crippen molar-refractivity contribution >= 4 is 29.9 Å². The van der Waals surface area contributed by atoms with Crippen LogP contribution in [-0.4, -0.2) is 40.9 Å². The number of halogens is 1. The van der Waals surface area contributed by atoms with Crippen LogP contribution in [0.15, 0.2) is 29.3 Å². The van der Waals surface area contributed by atoms with E-state index in [9.17, 15) is 0 Å². The second-order valence-electron chi connectivity index (χ2n) is 8.87. The Balaban J connectivity index is 0.00000320. The maximum Gasteiger partial charge on any atom is 0.191 e. The summed E-state index contributed by atoms with van der Waals surface area (Å²) in [6.07, 6.45) is 6.64. The van der Waals surface area contributed by atoms with Crippen molar-refractivity contribution in [2.24, 2.45) is 4.99 Å². The van der Waals surface area contributed by atoms with Gasteiger partial charge in [0.25, 0.3) is 0 Å². The monoisotopic (exact) mass is 524 g/mol. The minimum absolute atomic E-state index is 0. The van der Waals surface area contributed by atoms with E-state index in [2.05, 4.69) is 75.4 Å². The molecule has 0 aliphatic carbocycles. The van der Waals surface area contributed by atoms with Crippen molar-refractivity contribution in [1.82, 2.24) is 25.4 Å². The lowest BCUT2D eigenvalue weighted by Gasteiger charge is -2.19. The highest BCUT2D eigenvalue weighted by Gasteiger charge is 2.14. The van der Waals surface area contributed by atoms with Crippen LogP contribution in [-0.2, 0) is 31.2 Å². The third-order valence-electron chi connectivity index (χ3n) is 5.58. The third-order valence-corrected chi connectivity index (χ3v) is 5.58.